The maximum Gasteiger partial charge on any atom is 0.494 e. The molecular formula is C19H24BN3O2. The largest absolute Gasteiger partial charge is 0.494 e. The molecule has 1 aliphatic heterocycles. The van der Waals surface area contributed by atoms with E-state index in [9.17, 15) is 0 Å². The highest BCUT2D eigenvalue weighted by molar-refractivity contribution is 6.62. The number of anilines is 1. The van der Waals surface area contributed by atoms with Gasteiger partial charge in [-0.15, -0.1) is 0 Å². The molecule has 1 aliphatic rings. The molecule has 25 heavy (non-hydrogen) atoms. The fourth-order valence-electron chi connectivity index (χ4n) is 2.64. The van der Waals surface area contributed by atoms with Crippen LogP contribution in [0.1, 0.15) is 33.4 Å². The molecule has 0 atom stereocenters. The summed E-state index contributed by atoms with van der Waals surface area (Å²) >= 11 is 0. The molecule has 0 aliphatic carbocycles. The monoisotopic (exact) mass is 337 g/mol. The van der Waals surface area contributed by atoms with Gasteiger partial charge in [-0.3, -0.25) is 9.98 Å². The number of pyridine rings is 1. The van der Waals surface area contributed by atoms with Crippen molar-refractivity contribution >= 4 is 30.7 Å². The van der Waals surface area contributed by atoms with Crippen LogP contribution in [-0.4, -0.2) is 30.0 Å². The molecule has 6 heteroatoms. The maximum atomic E-state index is 6.10. The van der Waals surface area contributed by atoms with Crippen molar-refractivity contribution in [2.75, 3.05) is 5.32 Å². The molecule has 1 aromatic carbocycles. The lowest BCUT2D eigenvalue weighted by atomic mass is 9.79. The predicted octanol–water partition coefficient (Wildman–Crippen LogP) is 3.33. The summed E-state index contributed by atoms with van der Waals surface area (Å²) < 4.78 is 12.2. The number of aliphatic imine (C=N–C) groups is 1. The Morgan fingerprint density at radius 2 is 1.84 bits per heavy atom. The van der Waals surface area contributed by atoms with Crippen LogP contribution in [0, 0.1) is 0 Å². The van der Waals surface area contributed by atoms with E-state index in [4.69, 9.17) is 9.31 Å². The first-order valence-electron chi connectivity index (χ1n) is 8.42. The minimum absolute atomic E-state index is 0.366. The Hall–Kier alpha value is -2.18. The molecule has 1 fully saturated rings. The number of rotatable bonds is 5. The maximum absolute atomic E-state index is 6.10. The number of nitrogens with zero attached hydrogens (tertiary/aromatic N) is 2. The van der Waals surface area contributed by atoms with Gasteiger partial charge in [0.1, 0.15) is 0 Å². The molecule has 2 heterocycles. The van der Waals surface area contributed by atoms with E-state index < -0.39 is 7.12 Å². The summed E-state index contributed by atoms with van der Waals surface area (Å²) in [6, 6.07) is 11.8. The highest BCUT2D eigenvalue weighted by Gasteiger charge is 2.51. The van der Waals surface area contributed by atoms with E-state index in [1.807, 2.05) is 64.1 Å². The quantitative estimate of drug-likeness (QED) is 0.672. The molecule has 0 spiro atoms. The zero-order chi connectivity index (χ0) is 18.1. The minimum Gasteiger partial charge on any atom is -0.399 e. The smallest absolute Gasteiger partial charge is 0.399 e. The molecule has 130 valence electrons. The van der Waals surface area contributed by atoms with Crippen molar-refractivity contribution < 1.29 is 9.31 Å². The summed E-state index contributed by atoms with van der Waals surface area (Å²) in [6.07, 6.45) is 1.78. The lowest BCUT2D eigenvalue weighted by Crippen LogP contribution is -2.41. The van der Waals surface area contributed by atoms with E-state index in [2.05, 4.69) is 22.0 Å². The number of aromatic nitrogens is 1. The summed E-state index contributed by atoms with van der Waals surface area (Å²) in [5, 5.41) is 3.35. The first-order valence-corrected chi connectivity index (χ1v) is 8.42. The zero-order valence-electron chi connectivity index (χ0n) is 15.2. The van der Waals surface area contributed by atoms with Crippen molar-refractivity contribution in [2.24, 2.45) is 4.99 Å². The molecule has 1 aromatic heterocycles. The molecule has 2 aromatic rings. The summed E-state index contributed by atoms with van der Waals surface area (Å²) in [4.78, 5) is 8.46. The molecule has 3 rings (SSSR count). The average molecular weight is 337 g/mol. The highest BCUT2D eigenvalue weighted by atomic mass is 16.7. The van der Waals surface area contributed by atoms with Crippen molar-refractivity contribution in [1.82, 2.24) is 4.98 Å². The molecule has 1 saturated heterocycles. The Bertz CT molecular complexity index is 747. The van der Waals surface area contributed by atoms with Gasteiger partial charge >= 0.3 is 7.12 Å². The molecule has 0 bridgehead atoms. The van der Waals surface area contributed by atoms with Crippen molar-refractivity contribution in [3.05, 3.63) is 48.3 Å². The first-order chi connectivity index (χ1) is 11.8. The number of hydrogen-bond donors (Lipinski definition) is 1. The van der Waals surface area contributed by atoms with Gasteiger partial charge in [-0.25, -0.2) is 0 Å². The molecule has 1 N–H and O–H groups in total. The van der Waals surface area contributed by atoms with Crippen LogP contribution in [0.5, 0.6) is 0 Å². The molecule has 0 radical (unpaired) electrons. The van der Waals surface area contributed by atoms with E-state index in [0.717, 1.165) is 22.5 Å². The van der Waals surface area contributed by atoms with E-state index in [1.54, 1.807) is 6.20 Å². The van der Waals surface area contributed by atoms with Crippen LogP contribution in [0.25, 0.3) is 0 Å². The minimum atomic E-state index is -0.407. The van der Waals surface area contributed by atoms with Crippen LogP contribution in [0.15, 0.2) is 47.6 Å². The van der Waals surface area contributed by atoms with Gasteiger partial charge < -0.3 is 14.6 Å². The molecule has 0 amide bonds. The third kappa shape index (κ3) is 3.60. The Morgan fingerprint density at radius 1 is 1.12 bits per heavy atom. The standard InChI is InChI=1S/C19H24BN3O2/c1-18(2)19(3,4)25-20(24-18)14-9-10-16(17(12-14)21-5)23-13-15-8-6-7-11-22-15/h6-12,23H,5,13H2,1-4H3. The normalized spacial score (nSPS) is 18.2. The van der Waals surface area contributed by atoms with E-state index in [0.29, 0.717) is 6.54 Å². The van der Waals surface area contributed by atoms with Gasteiger partial charge in [-0.1, -0.05) is 12.1 Å². The lowest BCUT2D eigenvalue weighted by molar-refractivity contribution is 0.00578. The zero-order valence-corrected chi connectivity index (χ0v) is 15.2. The van der Waals surface area contributed by atoms with Crippen molar-refractivity contribution in [3.63, 3.8) is 0 Å². The van der Waals surface area contributed by atoms with Crippen molar-refractivity contribution in [2.45, 2.75) is 45.4 Å². The second-order valence-corrected chi connectivity index (χ2v) is 7.20. The summed E-state index contributed by atoms with van der Waals surface area (Å²) in [7, 11) is -0.407. The average Bonchev–Trinajstić information content (AvgIpc) is 2.81. The molecular weight excluding hydrogens is 313 g/mol. The topological polar surface area (TPSA) is 55.7 Å². The number of nitrogens with one attached hydrogen (secondary N) is 1. The van der Waals surface area contributed by atoms with E-state index in [1.165, 1.54) is 0 Å². The van der Waals surface area contributed by atoms with E-state index in [-0.39, 0.29) is 11.2 Å². The summed E-state index contributed by atoms with van der Waals surface area (Å²) in [5.41, 5.74) is 2.84. The third-order valence-corrected chi connectivity index (χ3v) is 4.90. The van der Waals surface area contributed by atoms with Gasteiger partial charge in [0, 0.05) is 6.20 Å². The van der Waals surface area contributed by atoms with E-state index >= 15 is 0 Å². The fraction of sp³-hybridized carbons (Fsp3) is 0.368. The Kier molecular flexibility index (Phi) is 4.67. The van der Waals surface area contributed by atoms with Crippen LogP contribution in [-0.2, 0) is 15.9 Å². The molecule has 0 saturated carbocycles. The van der Waals surface area contributed by atoms with Crippen LogP contribution < -0.4 is 10.8 Å². The van der Waals surface area contributed by atoms with Gasteiger partial charge in [0.2, 0.25) is 0 Å². The predicted molar refractivity (Wildman–Crippen MR) is 103 cm³/mol. The Labute approximate surface area is 149 Å². The number of benzene rings is 1. The van der Waals surface area contributed by atoms with Crippen molar-refractivity contribution in [3.8, 4) is 0 Å². The number of hydrogen-bond acceptors (Lipinski definition) is 5. The third-order valence-electron chi connectivity index (χ3n) is 4.90. The lowest BCUT2D eigenvalue weighted by Gasteiger charge is -2.32. The van der Waals surface area contributed by atoms with Gasteiger partial charge in [-0.05, 0) is 64.1 Å². The second-order valence-electron chi connectivity index (χ2n) is 7.20. The highest BCUT2D eigenvalue weighted by Crippen LogP contribution is 2.37. The Balaban J connectivity index is 1.77. The summed E-state index contributed by atoms with van der Waals surface area (Å²) in [5.74, 6) is 0. The van der Waals surface area contributed by atoms with Gasteiger partial charge in [0.25, 0.3) is 0 Å². The SMILES string of the molecule is C=Nc1cc(B2OC(C)(C)C(C)(C)O2)ccc1NCc1ccccn1. The Morgan fingerprint density at radius 3 is 2.44 bits per heavy atom. The second kappa shape index (κ2) is 6.62. The fourth-order valence-corrected chi connectivity index (χ4v) is 2.64. The first kappa shape index (κ1) is 17.6. The molecule has 5 nitrogen and oxygen atoms in total. The van der Waals surface area contributed by atoms with Crippen molar-refractivity contribution in [1.29, 1.82) is 0 Å². The van der Waals surface area contributed by atoms with Gasteiger partial charge in [0.05, 0.1) is 34.8 Å². The van der Waals surface area contributed by atoms with Gasteiger partial charge in [0.15, 0.2) is 0 Å². The van der Waals surface area contributed by atoms with Crippen LogP contribution >= 0.6 is 0 Å². The van der Waals surface area contributed by atoms with Crippen LogP contribution in [0.4, 0.5) is 11.4 Å². The van der Waals surface area contributed by atoms with Gasteiger partial charge in [-0.2, -0.15) is 0 Å². The molecule has 0 unspecified atom stereocenters. The van der Waals surface area contributed by atoms with Crippen LogP contribution in [0.2, 0.25) is 0 Å². The summed E-state index contributed by atoms with van der Waals surface area (Å²) in [6.45, 7) is 12.5. The van der Waals surface area contributed by atoms with Crippen LogP contribution in [0.3, 0.4) is 0 Å².